The number of nitrogens with one attached hydrogen (secondary N) is 2. The smallest absolute Gasteiger partial charge is 0.335 e. The van der Waals surface area contributed by atoms with Crippen LogP contribution in [0.15, 0.2) is 24.3 Å². The molecule has 2 amide bonds. The molecular formula is C15H20N2O3. The van der Waals surface area contributed by atoms with E-state index < -0.39 is 5.97 Å². The first-order valence-electron chi connectivity index (χ1n) is 6.87. The highest BCUT2D eigenvalue weighted by Crippen LogP contribution is 2.36. The zero-order chi connectivity index (χ0) is 14.6. The van der Waals surface area contributed by atoms with Crippen LogP contribution in [0, 0.1) is 5.41 Å². The zero-order valence-corrected chi connectivity index (χ0v) is 11.6. The molecule has 5 nitrogen and oxygen atoms in total. The maximum absolute atomic E-state index is 11.8. The first-order chi connectivity index (χ1) is 9.48. The van der Waals surface area contributed by atoms with Crippen molar-refractivity contribution in [3.63, 3.8) is 0 Å². The third-order valence-electron chi connectivity index (χ3n) is 3.85. The molecule has 0 spiro atoms. The van der Waals surface area contributed by atoms with Gasteiger partial charge in [-0.15, -0.1) is 0 Å². The highest BCUT2D eigenvalue weighted by molar-refractivity contribution is 5.93. The molecule has 5 heteroatoms. The number of carbonyl (C=O) groups is 2. The largest absolute Gasteiger partial charge is 0.478 e. The molecular weight excluding hydrogens is 256 g/mol. The van der Waals surface area contributed by atoms with Crippen LogP contribution in [0.1, 0.15) is 43.0 Å². The summed E-state index contributed by atoms with van der Waals surface area (Å²) in [6, 6.07) is 5.92. The van der Waals surface area contributed by atoms with Crippen molar-refractivity contribution in [2.45, 2.75) is 32.6 Å². The molecule has 0 bridgehead atoms. The van der Waals surface area contributed by atoms with E-state index in [2.05, 4.69) is 17.6 Å². The maximum atomic E-state index is 11.8. The van der Waals surface area contributed by atoms with Gasteiger partial charge in [0.1, 0.15) is 0 Å². The van der Waals surface area contributed by atoms with E-state index in [1.54, 1.807) is 12.1 Å². The van der Waals surface area contributed by atoms with Crippen LogP contribution in [0.25, 0.3) is 0 Å². The van der Waals surface area contributed by atoms with Crippen LogP contribution in [0.4, 0.5) is 10.5 Å². The number of hydrogen-bond acceptors (Lipinski definition) is 2. The lowest BCUT2D eigenvalue weighted by atomic mass is 9.89. The fourth-order valence-electron chi connectivity index (χ4n) is 2.60. The summed E-state index contributed by atoms with van der Waals surface area (Å²) in [5.74, 6) is -1.01. The number of anilines is 1. The Morgan fingerprint density at radius 2 is 2.00 bits per heavy atom. The third kappa shape index (κ3) is 3.73. The van der Waals surface area contributed by atoms with Crippen molar-refractivity contribution in [3.8, 4) is 0 Å². The van der Waals surface area contributed by atoms with E-state index >= 15 is 0 Å². The third-order valence-corrected chi connectivity index (χ3v) is 3.85. The number of carboxylic acid groups (broad SMARTS) is 1. The number of rotatable bonds is 4. The van der Waals surface area contributed by atoms with Crippen molar-refractivity contribution >= 4 is 17.7 Å². The minimum absolute atomic E-state index is 0.158. The highest BCUT2D eigenvalue weighted by Gasteiger charge is 2.28. The number of carboxylic acids is 1. The van der Waals surface area contributed by atoms with E-state index in [9.17, 15) is 9.59 Å². The summed E-state index contributed by atoms with van der Waals surface area (Å²) in [6.45, 7) is 2.84. The number of amides is 2. The molecule has 1 aliphatic rings. The fraction of sp³-hybridized carbons (Fsp3) is 0.467. The lowest BCUT2D eigenvalue weighted by Gasteiger charge is -2.23. The molecule has 0 saturated heterocycles. The van der Waals surface area contributed by atoms with Crippen LogP contribution in [0.2, 0.25) is 0 Å². The molecule has 3 N–H and O–H groups in total. The number of urea groups is 1. The molecule has 1 aromatic rings. The summed E-state index contributed by atoms with van der Waals surface area (Å²) in [6.07, 6.45) is 4.73. The van der Waals surface area contributed by atoms with Gasteiger partial charge in [-0.25, -0.2) is 9.59 Å². The Balaban J connectivity index is 1.88. The molecule has 1 fully saturated rings. The molecule has 20 heavy (non-hydrogen) atoms. The Hall–Kier alpha value is -2.04. The van der Waals surface area contributed by atoms with Crippen LogP contribution >= 0.6 is 0 Å². The lowest BCUT2D eigenvalue weighted by molar-refractivity contribution is 0.0697. The van der Waals surface area contributed by atoms with E-state index in [0.717, 1.165) is 12.8 Å². The molecule has 0 unspecified atom stereocenters. The summed E-state index contributed by atoms with van der Waals surface area (Å²) in [7, 11) is 0. The monoisotopic (exact) mass is 276 g/mol. The minimum Gasteiger partial charge on any atom is -0.478 e. The van der Waals surface area contributed by atoms with Gasteiger partial charge in [0, 0.05) is 12.2 Å². The van der Waals surface area contributed by atoms with Crippen molar-refractivity contribution in [1.29, 1.82) is 0 Å². The number of hydrogen-bond donors (Lipinski definition) is 3. The second-order valence-corrected chi connectivity index (χ2v) is 5.71. The van der Waals surface area contributed by atoms with Gasteiger partial charge in [-0.1, -0.05) is 25.8 Å². The van der Waals surface area contributed by atoms with Gasteiger partial charge in [-0.05, 0) is 36.5 Å². The average Bonchev–Trinajstić information content (AvgIpc) is 2.84. The Morgan fingerprint density at radius 3 is 2.65 bits per heavy atom. The van der Waals surface area contributed by atoms with Crippen molar-refractivity contribution in [2.24, 2.45) is 5.41 Å². The van der Waals surface area contributed by atoms with E-state index in [1.165, 1.54) is 25.0 Å². The SMILES string of the molecule is CC1(CNC(=O)Nc2cccc(C(=O)O)c2)CCCC1. The second-order valence-electron chi connectivity index (χ2n) is 5.71. The molecule has 108 valence electrons. The molecule has 1 saturated carbocycles. The molecule has 0 radical (unpaired) electrons. The minimum atomic E-state index is -1.01. The average molecular weight is 276 g/mol. The first-order valence-corrected chi connectivity index (χ1v) is 6.87. The van der Waals surface area contributed by atoms with Gasteiger partial charge >= 0.3 is 12.0 Å². The Bertz CT molecular complexity index is 508. The Labute approximate surface area is 118 Å². The Morgan fingerprint density at radius 1 is 1.30 bits per heavy atom. The summed E-state index contributed by atoms with van der Waals surface area (Å²) < 4.78 is 0. The zero-order valence-electron chi connectivity index (χ0n) is 11.6. The second kappa shape index (κ2) is 5.94. The molecule has 1 aromatic carbocycles. The molecule has 2 rings (SSSR count). The van der Waals surface area contributed by atoms with Crippen LogP contribution in [-0.4, -0.2) is 23.7 Å². The quantitative estimate of drug-likeness (QED) is 0.790. The van der Waals surface area contributed by atoms with Gasteiger partial charge in [0.2, 0.25) is 0 Å². The number of benzene rings is 1. The summed E-state index contributed by atoms with van der Waals surface area (Å²) in [5, 5.41) is 14.4. The van der Waals surface area contributed by atoms with E-state index in [0.29, 0.717) is 12.2 Å². The van der Waals surface area contributed by atoms with Crippen molar-refractivity contribution in [2.75, 3.05) is 11.9 Å². The predicted octanol–water partition coefficient (Wildman–Crippen LogP) is 3.09. The Kier molecular flexibility index (Phi) is 4.27. The van der Waals surface area contributed by atoms with Crippen LogP contribution in [0.3, 0.4) is 0 Å². The summed E-state index contributed by atoms with van der Waals surface area (Å²) in [5.41, 5.74) is 0.838. The van der Waals surface area contributed by atoms with Gasteiger partial charge in [0.05, 0.1) is 5.56 Å². The van der Waals surface area contributed by atoms with Gasteiger partial charge in [0.25, 0.3) is 0 Å². The van der Waals surface area contributed by atoms with E-state index in [-0.39, 0.29) is 17.0 Å². The van der Waals surface area contributed by atoms with Crippen molar-refractivity contribution in [1.82, 2.24) is 5.32 Å². The van der Waals surface area contributed by atoms with Crippen LogP contribution in [0.5, 0.6) is 0 Å². The van der Waals surface area contributed by atoms with E-state index in [1.807, 2.05) is 0 Å². The van der Waals surface area contributed by atoms with Crippen molar-refractivity contribution < 1.29 is 14.7 Å². The molecule has 1 aliphatic carbocycles. The molecule has 0 aliphatic heterocycles. The fourth-order valence-corrected chi connectivity index (χ4v) is 2.60. The number of aromatic carboxylic acids is 1. The highest BCUT2D eigenvalue weighted by atomic mass is 16.4. The van der Waals surface area contributed by atoms with Gasteiger partial charge < -0.3 is 15.7 Å². The maximum Gasteiger partial charge on any atom is 0.335 e. The van der Waals surface area contributed by atoms with Crippen LogP contribution < -0.4 is 10.6 Å². The van der Waals surface area contributed by atoms with Crippen molar-refractivity contribution in [3.05, 3.63) is 29.8 Å². The molecule has 0 aromatic heterocycles. The van der Waals surface area contributed by atoms with Gasteiger partial charge in [-0.2, -0.15) is 0 Å². The predicted molar refractivity (Wildman–Crippen MR) is 77.0 cm³/mol. The molecule has 0 heterocycles. The standard InChI is InChI=1S/C15H20N2O3/c1-15(7-2-3-8-15)10-16-14(20)17-12-6-4-5-11(9-12)13(18)19/h4-6,9H,2-3,7-8,10H2,1H3,(H,18,19)(H2,16,17,20). The lowest BCUT2D eigenvalue weighted by Crippen LogP contribution is -2.36. The molecule has 0 atom stereocenters. The number of carbonyl (C=O) groups excluding carboxylic acids is 1. The normalized spacial score (nSPS) is 16.6. The van der Waals surface area contributed by atoms with Gasteiger partial charge in [-0.3, -0.25) is 0 Å². The van der Waals surface area contributed by atoms with E-state index in [4.69, 9.17) is 5.11 Å². The summed E-state index contributed by atoms with van der Waals surface area (Å²) in [4.78, 5) is 22.7. The van der Waals surface area contributed by atoms with Gasteiger partial charge in [0.15, 0.2) is 0 Å². The van der Waals surface area contributed by atoms with Crippen LogP contribution in [-0.2, 0) is 0 Å². The summed E-state index contributed by atoms with van der Waals surface area (Å²) >= 11 is 0. The topological polar surface area (TPSA) is 78.4 Å². The first kappa shape index (κ1) is 14.4.